The Morgan fingerprint density at radius 3 is 2.33 bits per heavy atom. The fourth-order valence-electron chi connectivity index (χ4n) is 2.48. The molecule has 1 fully saturated rings. The van der Waals surface area contributed by atoms with E-state index in [9.17, 15) is 5.11 Å². The normalized spacial score (nSPS) is 25.7. The average Bonchev–Trinajstić information content (AvgIpc) is 2.65. The van der Waals surface area contributed by atoms with Gasteiger partial charge in [-0.2, -0.15) is 0 Å². The van der Waals surface area contributed by atoms with Crippen LogP contribution in [0.3, 0.4) is 0 Å². The minimum absolute atomic E-state index is 0.0371. The molecule has 1 N–H and O–H groups in total. The maximum Gasteiger partial charge on any atom is 0.0543 e. The summed E-state index contributed by atoms with van der Waals surface area (Å²) in [6.45, 7) is 2.18. The predicted molar refractivity (Wildman–Crippen MR) is 62.9 cm³/mol. The van der Waals surface area contributed by atoms with Crippen LogP contribution in [0, 0.1) is 5.92 Å². The van der Waals surface area contributed by atoms with Crippen LogP contribution < -0.4 is 0 Å². The van der Waals surface area contributed by atoms with Gasteiger partial charge in [0.05, 0.1) is 6.10 Å². The van der Waals surface area contributed by atoms with E-state index in [1.807, 2.05) is 0 Å². The van der Waals surface area contributed by atoms with E-state index in [0.29, 0.717) is 5.92 Å². The maximum absolute atomic E-state index is 9.46. The minimum Gasteiger partial charge on any atom is -0.393 e. The van der Waals surface area contributed by atoms with Crippen LogP contribution in [0.15, 0.2) is 24.3 Å². The predicted octanol–water partition coefficient (Wildman–Crippen LogP) is 2.95. The molecule has 0 heterocycles. The van der Waals surface area contributed by atoms with Crippen molar-refractivity contribution >= 4 is 0 Å². The number of hydrogen-bond acceptors (Lipinski definition) is 1. The Morgan fingerprint density at radius 2 is 1.80 bits per heavy atom. The van der Waals surface area contributed by atoms with E-state index < -0.39 is 0 Å². The summed E-state index contributed by atoms with van der Waals surface area (Å²) in [7, 11) is 0. The van der Waals surface area contributed by atoms with Crippen molar-refractivity contribution in [3.8, 4) is 0 Å². The quantitative estimate of drug-likeness (QED) is 0.802. The van der Waals surface area contributed by atoms with Crippen molar-refractivity contribution < 1.29 is 5.11 Å². The Morgan fingerprint density at radius 1 is 1.13 bits per heavy atom. The molecule has 0 aromatic heterocycles. The summed E-state index contributed by atoms with van der Waals surface area (Å²) in [5.74, 6) is 0.701. The van der Waals surface area contributed by atoms with Crippen LogP contribution in [0.2, 0.25) is 0 Å². The summed E-state index contributed by atoms with van der Waals surface area (Å²) >= 11 is 0. The van der Waals surface area contributed by atoms with E-state index in [4.69, 9.17) is 0 Å². The number of aliphatic hydroxyl groups excluding tert-OH is 1. The molecule has 82 valence electrons. The Kier molecular flexibility index (Phi) is 3.42. The highest BCUT2D eigenvalue weighted by atomic mass is 16.3. The zero-order valence-corrected chi connectivity index (χ0v) is 9.45. The highest BCUT2D eigenvalue weighted by Gasteiger charge is 2.22. The second-order valence-electron chi connectivity index (χ2n) is 4.71. The van der Waals surface area contributed by atoms with Gasteiger partial charge in [0.1, 0.15) is 0 Å². The molecule has 1 saturated carbocycles. The highest BCUT2D eigenvalue weighted by molar-refractivity contribution is 5.22. The van der Waals surface area contributed by atoms with E-state index in [1.54, 1.807) is 0 Å². The molecule has 0 radical (unpaired) electrons. The van der Waals surface area contributed by atoms with Gasteiger partial charge in [0.15, 0.2) is 0 Å². The molecule has 0 saturated heterocycles. The molecule has 0 bridgehead atoms. The minimum atomic E-state index is -0.0371. The van der Waals surface area contributed by atoms with Crippen LogP contribution in [-0.2, 0) is 12.8 Å². The largest absolute Gasteiger partial charge is 0.393 e. The van der Waals surface area contributed by atoms with Crippen LogP contribution in [0.25, 0.3) is 0 Å². The third-order valence-electron chi connectivity index (χ3n) is 3.47. The van der Waals surface area contributed by atoms with Gasteiger partial charge < -0.3 is 5.11 Å². The summed E-state index contributed by atoms with van der Waals surface area (Å²) in [6.07, 6.45) is 5.40. The zero-order valence-electron chi connectivity index (χ0n) is 9.45. The van der Waals surface area contributed by atoms with Gasteiger partial charge in [-0.1, -0.05) is 31.2 Å². The van der Waals surface area contributed by atoms with Crippen LogP contribution in [-0.4, -0.2) is 11.2 Å². The second kappa shape index (κ2) is 4.80. The highest BCUT2D eigenvalue weighted by Crippen LogP contribution is 2.28. The third-order valence-corrected chi connectivity index (χ3v) is 3.47. The lowest BCUT2D eigenvalue weighted by molar-refractivity contribution is 0.177. The first-order chi connectivity index (χ1) is 7.28. The summed E-state index contributed by atoms with van der Waals surface area (Å²) in [4.78, 5) is 0. The Hall–Kier alpha value is -0.820. The third kappa shape index (κ3) is 2.82. The lowest BCUT2D eigenvalue weighted by Crippen LogP contribution is -2.03. The SMILES string of the molecule is CCc1ccc(C[C@@H]2CCC(O)C2)cc1. The molecule has 0 spiro atoms. The topological polar surface area (TPSA) is 20.2 Å². The van der Waals surface area contributed by atoms with Gasteiger partial charge in [0.25, 0.3) is 0 Å². The summed E-state index contributed by atoms with van der Waals surface area (Å²) < 4.78 is 0. The second-order valence-corrected chi connectivity index (χ2v) is 4.71. The van der Waals surface area contributed by atoms with Crippen molar-refractivity contribution in [1.29, 1.82) is 0 Å². The molecule has 0 aliphatic heterocycles. The fourth-order valence-corrected chi connectivity index (χ4v) is 2.48. The first-order valence-corrected chi connectivity index (χ1v) is 6.04. The van der Waals surface area contributed by atoms with E-state index >= 15 is 0 Å². The number of aliphatic hydroxyl groups is 1. The van der Waals surface area contributed by atoms with Gasteiger partial charge in [-0.15, -0.1) is 0 Å². The fraction of sp³-hybridized carbons (Fsp3) is 0.571. The monoisotopic (exact) mass is 204 g/mol. The Balaban J connectivity index is 1.93. The standard InChI is InChI=1S/C14H20O/c1-2-11-3-5-12(6-4-11)9-13-7-8-14(15)10-13/h3-6,13-15H,2,7-10H2,1H3/t13-,14?/m0/s1. The van der Waals surface area contributed by atoms with E-state index in [1.165, 1.54) is 17.5 Å². The van der Waals surface area contributed by atoms with E-state index in [0.717, 1.165) is 25.7 Å². The van der Waals surface area contributed by atoms with Crippen molar-refractivity contribution in [2.24, 2.45) is 5.92 Å². The maximum atomic E-state index is 9.46. The van der Waals surface area contributed by atoms with Crippen LogP contribution >= 0.6 is 0 Å². The molecule has 2 atom stereocenters. The average molecular weight is 204 g/mol. The molecule has 1 nitrogen and oxygen atoms in total. The molecule has 1 aromatic rings. The molecule has 15 heavy (non-hydrogen) atoms. The molecule has 1 aromatic carbocycles. The molecule has 1 heteroatoms. The van der Waals surface area contributed by atoms with Crippen LogP contribution in [0.4, 0.5) is 0 Å². The van der Waals surface area contributed by atoms with E-state index in [-0.39, 0.29) is 6.10 Å². The van der Waals surface area contributed by atoms with Crippen molar-refractivity contribution in [3.05, 3.63) is 35.4 Å². The van der Waals surface area contributed by atoms with E-state index in [2.05, 4.69) is 31.2 Å². The van der Waals surface area contributed by atoms with Crippen molar-refractivity contribution in [2.45, 2.75) is 45.1 Å². The molecule has 2 rings (SSSR count). The molecule has 1 aliphatic rings. The van der Waals surface area contributed by atoms with Crippen molar-refractivity contribution in [1.82, 2.24) is 0 Å². The molecular weight excluding hydrogens is 184 g/mol. The lowest BCUT2D eigenvalue weighted by atomic mass is 9.97. The van der Waals surface area contributed by atoms with Gasteiger partial charge in [0.2, 0.25) is 0 Å². The van der Waals surface area contributed by atoms with Crippen LogP contribution in [0.5, 0.6) is 0 Å². The number of hydrogen-bond donors (Lipinski definition) is 1. The smallest absolute Gasteiger partial charge is 0.0543 e. The molecule has 0 amide bonds. The van der Waals surface area contributed by atoms with Gasteiger partial charge >= 0.3 is 0 Å². The Bertz CT molecular complexity index is 302. The molecular formula is C14H20O. The number of rotatable bonds is 3. The summed E-state index contributed by atoms with van der Waals surface area (Å²) in [5, 5.41) is 9.46. The van der Waals surface area contributed by atoms with Crippen molar-refractivity contribution in [2.75, 3.05) is 0 Å². The number of aryl methyl sites for hydroxylation is 1. The van der Waals surface area contributed by atoms with Crippen molar-refractivity contribution in [3.63, 3.8) is 0 Å². The molecule has 1 aliphatic carbocycles. The lowest BCUT2D eigenvalue weighted by Gasteiger charge is -2.09. The first kappa shape index (κ1) is 10.7. The van der Waals surface area contributed by atoms with Gasteiger partial charge in [-0.25, -0.2) is 0 Å². The first-order valence-electron chi connectivity index (χ1n) is 6.04. The molecule has 1 unspecified atom stereocenters. The zero-order chi connectivity index (χ0) is 10.7. The van der Waals surface area contributed by atoms with Crippen LogP contribution in [0.1, 0.15) is 37.3 Å². The Labute approximate surface area is 92.1 Å². The van der Waals surface area contributed by atoms with Gasteiger partial charge in [-0.05, 0) is 49.1 Å². The van der Waals surface area contributed by atoms with Gasteiger partial charge in [-0.3, -0.25) is 0 Å². The summed E-state index contributed by atoms with van der Waals surface area (Å²) in [6, 6.07) is 8.93. The van der Waals surface area contributed by atoms with Gasteiger partial charge in [0, 0.05) is 0 Å². The number of benzene rings is 1. The summed E-state index contributed by atoms with van der Waals surface area (Å²) in [5.41, 5.74) is 2.83.